The molecule has 0 aliphatic carbocycles. The Kier molecular flexibility index (Phi) is 6.65. The van der Waals surface area contributed by atoms with Gasteiger partial charge in [0, 0.05) is 23.6 Å². The lowest BCUT2D eigenvalue weighted by Crippen LogP contribution is -2.14. The SMILES string of the molecule is C=C(C)CCNC(=C)CCc1ccc(NC(=C)C)cc1. The quantitative estimate of drug-likeness (QED) is 0.639. The van der Waals surface area contributed by atoms with Crippen LogP contribution in [-0.4, -0.2) is 6.54 Å². The van der Waals surface area contributed by atoms with Gasteiger partial charge < -0.3 is 10.6 Å². The molecule has 0 aliphatic heterocycles. The zero-order valence-electron chi connectivity index (χ0n) is 12.8. The molecule has 0 aromatic heterocycles. The van der Waals surface area contributed by atoms with Gasteiger partial charge in [-0.1, -0.05) is 30.9 Å². The third-order valence-electron chi connectivity index (χ3n) is 2.95. The van der Waals surface area contributed by atoms with E-state index in [1.54, 1.807) is 0 Å². The highest BCUT2D eigenvalue weighted by Gasteiger charge is 1.98. The molecule has 1 aromatic carbocycles. The van der Waals surface area contributed by atoms with E-state index in [2.05, 4.69) is 54.6 Å². The Morgan fingerprint density at radius 3 is 2.20 bits per heavy atom. The Balaban J connectivity index is 2.32. The minimum Gasteiger partial charge on any atom is -0.388 e. The number of rotatable bonds is 9. The summed E-state index contributed by atoms with van der Waals surface area (Å²) in [5.41, 5.74) is 5.65. The third kappa shape index (κ3) is 6.83. The van der Waals surface area contributed by atoms with Gasteiger partial charge in [0.2, 0.25) is 0 Å². The molecule has 2 N–H and O–H groups in total. The number of hydrogen-bond acceptors (Lipinski definition) is 2. The molecule has 0 atom stereocenters. The van der Waals surface area contributed by atoms with Crippen molar-refractivity contribution >= 4 is 5.69 Å². The van der Waals surface area contributed by atoms with E-state index in [0.29, 0.717) is 0 Å². The van der Waals surface area contributed by atoms with Crippen LogP contribution in [0.4, 0.5) is 5.69 Å². The molecule has 0 spiro atoms. The number of hydrogen-bond donors (Lipinski definition) is 2. The van der Waals surface area contributed by atoms with Crippen molar-refractivity contribution < 1.29 is 0 Å². The summed E-state index contributed by atoms with van der Waals surface area (Å²) >= 11 is 0. The van der Waals surface area contributed by atoms with E-state index in [9.17, 15) is 0 Å². The second kappa shape index (κ2) is 8.26. The van der Waals surface area contributed by atoms with Gasteiger partial charge >= 0.3 is 0 Å². The van der Waals surface area contributed by atoms with Crippen LogP contribution in [0.1, 0.15) is 32.3 Å². The smallest absolute Gasteiger partial charge is 0.0381 e. The van der Waals surface area contributed by atoms with E-state index < -0.39 is 0 Å². The lowest BCUT2D eigenvalue weighted by molar-refractivity contribution is 0.736. The summed E-state index contributed by atoms with van der Waals surface area (Å²) < 4.78 is 0. The minimum absolute atomic E-state index is 0.926. The van der Waals surface area contributed by atoms with Gasteiger partial charge in [0.05, 0.1) is 0 Å². The highest BCUT2D eigenvalue weighted by Crippen LogP contribution is 2.13. The maximum Gasteiger partial charge on any atom is 0.0381 e. The van der Waals surface area contributed by atoms with Crippen LogP contribution in [0.15, 0.2) is 61.0 Å². The molecule has 108 valence electrons. The molecular formula is C18H26N2. The van der Waals surface area contributed by atoms with Crippen molar-refractivity contribution in [2.24, 2.45) is 0 Å². The van der Waals surface area contributed by atoms with Crippen molar-refractivity contribution in [3.8, 4) is 0 Å². The monoisotopic (exact) mass is 270 g/mol. The average Bonchev–Trinajstić information content (AvgIpc) is 2.37. The van der Waals surface area contributed by atoms with Gasteiger partial charge in [-0.25, -0.2) is 0 Å². The van der Waals surface area contributed by atoms with Crippen molar-refractivity contribution in [1.29, 1.82) is 0 Å². The fraction of sp³-hybridized carbons (Fsp3) is 0.333. The first-order valence-electron chi connectivity index (χ1n) is 7.05. The summed E-state index contributed by atoms with van der Waals surface area (Å²) in [7, 11) is 0. The average molecular weight is 270 g/mol. The summed E-state index contributed by atoms with van der Waals surface area (Å²) in [6.45, 7) is 16.7. The van der Waals surface area contributed by atoms with Crippen LogP contribution in [0.25, 0.3) is 0 Å². The normalized spacial score (nSPS) is 9.90. The van der Waals surface area contributed by atoms with Gasteiger partial charge in [-0.2, -0.15) is 0 Å². The summed E-state index contributed by atoms with van der Waals surface area (Å²) in [6, 6.07) is 8.46. The van der Waals surface area contributed by atoms with Crippen molar-refractivity contribution in [3.05, 3.63) is 66.5 Å². The predicted octanol–water partition coefficient (Wildman–Crippen LogP) is 4.63. The van der Waals surface area contributed by atoms with Crippen LogP contribution in [0, 0.1) is 0 Å². The zero-order chi connectivity index (χ0) is 15.0. The Morgan fingerprint density at radius 2 is 1.65 bits per heavy atom. The molecule has 0 bridgehead atoms. The van der Waals surface area contributed by atoms with E-state index in [1.807, 2.05) is 13.8 Å². The fourth-order valence-corrected chi connectivity index (χ4v) is 1.84. The van der Waals surface area contributed by atoms with E-state index >= 15 is 0 Å². The van der Waals surface area contributed by atoms with Crippen LogP contribution in [0.5, 0.6) is 0 Å². The van der Waals surface area contributed by atoms with Gasteiger partial charge in [0.15, 0.2) is 0 Å². The van der Waals surface area contributed by atoms with Crippen molar-refractivity contribution in [3.63, 3.8) is 0 Å². The maximum atomic E-state index is 4.06. The molecule has 0 amide bonds. The summed E-state index contributed by atoms with van der Waals surface area (Å²) in [6.07, 6.45) is 2.97. The number of aryl methyl sites for hydroxylation is 1. The topological polar surface area (TPSA) is 24.1 Å². The second-order valence-electron chi connectivity index (χ2n) is 5.34. The Labute approximate surface area is 123 Å². The van der Waals surface area contributed by atoms with E-state index in [4.69, 9.17) is 0 Å². The van der Waals surface area contributed by atoms with Crippen LogP contribution in [0.2, 0.25) is 0 Å². The molecule has 0 saturated heterocycles. The molecule has 20 heavy (non-hydrogen) atoms. The van der Waals surface area contributed by atoms with Gasteiger partial charge in [0.1, 0.15) is 0 Å². The first kappa shape index (κ1) is 16.1. The van der Waals surface area contributed by atoms with Crippen molar-refractivity contribution in [2.45, 2.75) is 33.1 Å². The Morgan fingerprint density at radius 1 is 1.00 bits per heavy atom. The van der Waals surface area contributed by atoms with Crippen molar-refractivity contribution in [1.82, 2.24) is 5.32 Å². The number of allylic oxidation sites excluding steroid dienone is 2. The standard InChI is InChI=1S/C18H26N2/c1-14(2)12-13-19-16(5)6-7-17-8-10-18(11-9-17)20-15(3)4/h8-11,19-20H,1,3,5-7,12-13H2,2,4H3. The predicted molar refractivity (Wildman–Crippen MR) is 89.8 cm³/mol. The molecule has 2 heteroatoms. The fourth-order valence-electron chi connectivity index (χ4n) is 1.84. The molecule has 0 radical (unpaired) electrons. The molecule has 0 unspecified atom stereocenters. The second-order valence-corrected chi connectivity index (χ2v) is 5.34. The van der Waals surface area contributed by atoms with Crippen molar-refractivity contribution in [2.75, 3.05) is 11.9 Å². The maximum absolute atomic E-state index is 4.06. The van der Waals surface area contributed by atoms with Crippen LogP contribution in [0.3, 0.4) is 0 Å². The van der Waals surface area contributed by atoms with E-state index in [-0.39, 0.29) is 0 Å². The summed E-state index contributed by atoms with van der Waals surface area (Å²) in [4.78, 5) is 0. The number of anilines is 1. The van der Waals surface area contributed by atoms with Gasteiger partial charge in [-0.3, -0.25) is 0 Å². The largest absolute Gasteiger partial charge is 0.388 e. The number of benzene rings is 1. The molecule has 0 saturated carbocycles. The zero-order valence-corrected chi connectivity index (χ0v) is 12.8. The molecule has 2 nitrogen and oxygen atoms in total. The lowest BCUT2D eigenvalue weighted by atomic mass is 10.1. The molecule has 0 heterocycles. The minimum atomic E-state index is 0.926. The first-order valence-corrected chi connectivity index (χ1v) is 7.05. The van der Waals surface area contributed by atoms with E-state index in [0.717, 1.165) is 42.9 Å². The number of nitrogens with one attached hydrogen (secondary N) is 2. The van der Waals surface area contributed by atoms with Gasteiger partial charge in [0.25, 0.3) is 0 Å². The van der Waals surface area contributed by atoms with E-state index in [1.165, 1.54) is 11.1 Å². The van der Waals surface area contributed by atoms with Gasteiger partial charge in [-0.15, -0.1) is 6.58 Å². The lowest BCUT2D eigenvalue weighted by Gasteiger charge is -2.10. The Hall–Kier alpha value is -1.96. The summed E-state index contributed by atoms with van der Waals surface area (Å²) in [5, 5.41) is 6.55. The highest BCUT2D eigenvalue weighted by atomic mass is 14.9. The third-order valence-corrected chi connectivity index (χ3v) is 2.95. The van der Waals surface area contributed by atoms with Crippen LogP contribution >= 0.6 is 0 Å². The Bertz CT molecular complexity index is 469. The van der Waals surface area contributed by atoms with Crippen LogP contribution < -0.4 is 10.6 Å². The van der Waals surface area contributed by atoms with Gasteiger partial charge in [-0.05, 0) is 50.8 Å². The summed E-state index contributed by atoms with van der Waals surface area (Å²) in [5.74, 6) is 0. The highest BCUT2D eigenvalue weighted by molar-refractivity contribution is 5.48. The molecule has 0 aliphatic rings. The molecule has 1 rings (SSSR count). The first-order chi connectivity index (χ1) is 9.47. The van der Waals surface area contributed by atoms with Crippen LogP contribution in [-0.2, 0) is 6.42 Å². The molecule has 1 aromatic rings. The molecular weight excluding hydrogens is 244 g/mol. The molecule has 0 fully saturated rings.